The summed E-state index contributed by atoms with van der Waals surface area (Å²) in [5.41, 5.74) is 3.41. The number of fused-ring (bicyclic) bond motifs is 1. The first-order chi connectivity index (χ1) is 9.74. The van der Waals surface area contributed by atoms with Crippen molar-refractivity contribution in [1.29, 1.82) is 0 Å². The van der Waals surface area contributed by atoms with Crippen LogP contribution in [0.15, 0.2) is 18.2 Å². The monoisotopic (exact) mass is 277 g/mol. The van der Waals surface area contributed by atoms with E-state index in [4.69, 9.17) is 9.47 Å². The third-order valence-electron chi connectivity index (χ3n) is 3.50. The highest BCUT2D eigenvalue weighted by Gasteiger charge is 2.15. The van der Waals surface area contributed by atoms with E-state index >= 15 is 0 Å². The van der Waals surface area contributed by atoms with E-state index in [1.807, 2.05) is 26.0 Å². The van der Waals surface area contributed by atoms with Gasteiger partial charge in [-0.3, -0.25) is 4.79 Å². The van der Waals surface area contributed by atoms with E-state index in [1.165, 1.54) is 17.5 Å². The van der Waals surface area contributed by atoms with Gasteiger partial charge in [0.15, 0.2) is 6.29 Å². The van der Waals surface area contributed by atoms with E-state index in [0.29, 0.717) is 19.8 Å². The van der Waals surface area contributed by atoms with Crippen LogP contribution in [0, 0.1) is 0 Å². The van der Waals surface area contributed by atoms with Gasteiger partial charge in [-0.15, -0.1) is 0 Å². The van der Waals surface area contributed by atoms with Crippen molar-refractivity contribution in [3.8, 4) is 0 Å². The molecule has 0 fully saturated rings. The molecule has 1 amide bonds. The smallest absolute Gasteiger partial charge is 0.251 e. The molecule has 1 aliphatic carbocycles. The van der Waals surface area contributed by atoms with Gasteiger partial charge in [0, 0.05) is 18.8 Å². The number of ether oxygens (including phenoxy) is 2. The molecule has 1 aromatic carbocycles. The highest BCUT2D eigenvalue weighted by atomic mass is 16.7. The van der Waals surface area contributed by atoms with E-state index in [-0.39, 0.29) is 12.2 Å². The van der Waals surface area contributed by atoms with Crippen LogP contribution in [0.3, 0.4) is 0 Å². The van der Waals surface area contributed by atoms with Gasteiger partial charge in [0.1, 0.15) is 0 Å². The van der Waals surface area contributed by atoms with Crippen LogP contribution in [-0.4, -0.2) is 32.0 Å². The van der Waals surface area contributed by atoms with Crippen molar-refractivity contribution in [3.63, 3.8) is 0 Å². The summed E-state index contributed by atoms with van der Waals surface area (Å²) < 4.78 is 10.8. The molecule has 0 aromatic heterocycles. The third kappa shape index (κ3) is 3.81. The predicted octanol–water partition coefficient (Wildman–Crippen LogP) is 2.30. The van der Waals surface area contributed by atoms with Gasteiger partial charge in [-0.1, -0.05) is 6.07 Å². The average Bonchev–Trinajstić information content (AvgIpc) is 2.92. The molecule has 4 nitrogen and oxygen atoms in total. The average molecular weight is 277 g/mol. The molecule has 0 saturated heterocycles. The molecule has 0 heterocycles. The zero-order valence-electron chi connectivity index (χ0n) is 12.3. The first kappa shape index (κ1) is 15.0. The van der Waals surface area contributed by atoms with Gasteiger partial charge in [-0.25, -0.2) is 0 Å². The number of carbonyl (C=O) groups is 1. The second kappa shape index (κ2) is 7.41. The van der Waals surface area contributed by atoms with Gasteiger partial charge in [0.05, 0.1) is 6.54 Å². The van der Waals surface area contributed by atoms with Gasteiger partial charge < -0.3 is 14.8 Å². The van der Waals surface area contributed by atoms with E-state index in [9.17, 15) is 4.79 Å². The Kier molecular flexibility index (Phi) is 5.56. The Balaban J connectivity index is 1.91. The lowest BCUT2D eigenvalue weighted by Crippen LogP contribution is -2.35. The molecule has 2 rings (SSSR count). The van der Waals surface area contributed by atoms with Crippen molar-refractivity contribution >= 4 is 5.91 Å². The van der Waals surface area contributed by atoms with E-state index in [0.717, 1.165) is 18.4 Å². The number of hydrogen-bond acceptors (Lipinski definition) is 3. The number of amides is 1. The van der Waals surface area contributed by atoms with Crippen molar-refractivity contribution in [2.75, 3.05) is 19.8 Å². The van der Waals surface area contributed by atoms with Gasteiger partial charge in [-0.05, 0) is 56.4 Å². The van der Waals surface area contributed by atoms with Gasteiger partial charge in [-0.2, -0.15) is 0 Å². The molecule has 0 atom stereocenters. The summed E-state index contributed by atoms with van der Waals surface area (Å²) in [5, 5.41) is 2.87. The normalized spacial score (nSPS) is 13.6. The topological polar surface area (TPSA) is 47.6 Å². The Hall–Kier alpha value is -1.39. The van der Waals surface area contributed by atoms with E-state index < -0.39 is 0 Å². The Bertz CT molecular complexity index is 453. The highest BCUT2D eigenvalue weighted by molar-refractivity contribution is 5.94. The molecule has 0 bridgehead atoms. The largest absolute Gasteiger partial charge is 0.351 e. The zero-order valence-corrected chi connectivity index (χ0v) is 12.3. The van der Waals surface area contributed by atoms with Gasteiger partial charge in [0.25, 0.3) is 5.91 Å². The summed E-state index contributed by atoms with van der Waals surface area (Å²) in [6, 6.07) is 5.98. The van der Waals surface area contributed by atoms with Crippen LogP contribution >= 0.6 is 0 Å². The Morgan fingerprint density at radius 3 is 2.60 bits per heavy atom. The number of nitrogens with one attached hydrogen (secondary N) is 1. The minimum Gasteiger partial charge on any atom is -0.351 e. The maximum Gasteiger partial charge on any atom is 0.251 e. The Labute approximate surface area is 120 Å². The van der Waals surface area contributed by atoms with E-state index in [2.05, 4.69) is 11.4 Å². The minimum atomic E-state index is -0.372. The SMILES string of the molecule is CCOC(CNC(=O)c1ccc2c(c1)CCC2)OCC. The molecule has 1 aliphatic rings. The van der Waals surface area contributed by atoms with Gasteiger partial charge in [0.2, 0.25) is 0 Å². The molecule has 20 heavy (non-hydrogen) atoms. The molecule has 1 N–H and O–H groups in total. The minimum absolute atomic E-state index is 0.0656. The lowest BCUT2D eigenvalue weighted by molar-refractivity contribution is -0.131. The molecule has 0 unspecified atom stereocenters. The Morgan fingerprint density at radius 1 is 1.20 bits per heavy atom. The second-order valence-electron chi connectivity index (χ2n) is 4.89. The summed E-state index contributed by atoms with van der Waals surface area (Å²) in [7, 11) is 0. The van der Waals surface area contributed by atoms with Crippen molar-refractivity contribution in [2.45, 2.75) is 39.4 Å². The standard InChI is InChI=1S/C16H23NO3/c1-3-19-15(20-4-2)11-17-16(18)14-9-8-12-6-5-7-13(12)10-14/h8-10,15H,3-7,11H2,1-2H3,(H,17,18). The van der Waals surface area contributed by atoms with Crippen molar-refractivity contribution in [3.05, 3.63) is 34.9 Å². The molecule has 110 valence electrons. The maximum absolute atomic E-state index is 12.1. The van der Waals surface area contributed by atoms with Crippen LogP contribution < -0.4 is 5.32 Å². The molecule has 0 aliphatic heterocycles. The number of aryl methyl sites for hydroxylation is 2. The van der Waals surface area contributed by atoms with Gasteiger partial charge >= 0.3 is 0 Å². The molecule has 1 aromatic rings. The van der Waals surface area contributed by atoms with Crippen LogP contribution in [-0.2, 0) is 22.3 Å². The highest BCUT2D eigenvalue weighted by Crippen LogP contribution is 2.22. The maximum atomic E-state index is 12.1. The number of carbonyl (C=O) groups excluding carboxylic acids is 1. The molecule has 0 radical (unpaired) electrons. The van der Waals surface area contributed by atoms with Crippen LogP contribution in [0.5, 0.6) is 0 Å². The van der Waals surface area contributed by atoms with Crippen molar-refractivity contribution in [2.24, 2.45) is 0 Å². The molecular formula is C16H23NO3. The number of benzene rings is 1. The van der Waals surface area contributed by atoms with Crippen molar-refractivity contribution in [1.82, 2.24) is 5.32 Å². The molecular weight excluding hydrogens is 254 g/mol. The fourth-order valence-electron chi connectivity index (χ4n) is 2.53. The Morgan fingerprint density at radius 2 is 1.90 bits per heavy atom. The molecule has 0 spiro atoms. The summed E-state index contributed by atoms with van der Waals surface area (Å²) >= 11 is 0. The lowest BCUT2D eigenvalue weighted by Gasteiger charge is -2.17. The number of hydrogen-bond donors (Lipinski definition) is 1. The fourth-order valence-corrected chi connectivity index (χ4v) is 2.53. The predicted molar refractivity (Wildman–Crippen MR) is 77.8 cm³/mol. The van der Waals surface area contributed by atoms with Crippen molar-refractivity contribution < 1.29 is 14.3 Å². The fraction of sp³-hybridized carbons (Fsp3) is 0.562. The van der Waals surface area contributed by atoms with E-state index in [1.54, 1.807) is 0 Å². The second-order valence-corrected chi connectivity index (χ2v) is 4.89. The van der Waals surface area contributed by atoms with Crippen LogP contribution in [0.25, 0.3) is 0 Å². The first-order valence-corrected chi connectivity index (χ1v) is 7.37. The summed E-state index contributed by atoms with van der Waals surface area (Å²) in [5.74, 6) is -0.0656. The van der Waals surface area contributed by atoms with Crippen LogP contribution in [0.4, 0.5) is 0 Å². The zero-order chi connectivity index (χ0) is 14.4. The first-order valence-electron chi connectivity index (χ1n) is 7.37. The third-order valence-corrected chi connectivity index (χ3v) is 3.50. The summed E-state index contributed by atoms with van der Waals surface area (Å²) in [6.45, 7) is 5.33. The molecule has 0 saturated carbocycles. The summed E-state index contributed by atoms with van der Waals surface area (Å²) in [4.78, 5) is 12.1. The lowest BCUT2D eigenvalue weighted by atomic mass is 10.1. The van der Waals surface area contributed by atoms with Crippen LogP contribution in [0.2, 0.25) is 0 Å². The van der Waals surface area contributed by atoms with Crippen LogP contribution in [0.1, 0.15) is 41.8 Å². The quantitative estimate of drug-likeness (QED) is 0.778. The summed E-state index contributed by atoms with van der Waals surface area (Å²) in [6.07, 6.45) is 3.03. The number of rotatable bonds is 7. The molecule has 4 heteroatoms.